The molecule has 3 rings (SSSR count). The van der Waals surface area contributed by atoms with Crippen LogP contribution in [-0.4, -0.2) is 63.8 Å². The maximum Gasteiger partial charge on any atom is 0.451 e. The Labute approximate surface area is 177 Å². The van der Waals surface area contributed by atoms with E-state index < -0.39 is 54.7 Å². The molecule has 0 aromatic carbocycles. The van der Waals surface area contributed by atoms with Gasteiger partial charge in [-0.25, -0.2) is 18.7 Å². The lowest BCUT2D eigenvalue weighted by Crippen LogP contribution is -2.50. The van der Waals surface area contributed by atoms with Crippen LogP contribution in [0.4, 0.5) is 35.1 Å². The Bertz CT molecular complexity index is 857. The van der Waals surface area contributed by atoms with E-state index in [-0.39, 0.29) is 56.7 Å². The molecule has 2 aliphatic rings. The van der Waals surface area contributed by atoms with E-state index in [0.29, 0.717) is 0 Å². The van der Waals surface area contributed by atoms with E-state index >= 15 is 0 Å². The first-order chi connectivity index (χ1) is 14.7. The number of carbonyl (C=O) groups is 1. The first kappa shape index (κ1) is 24.6. The van der Waals surface area contributed by atoms with Crippen LogP contribution in [0.2, 0.25) is 0 Å². The smallest absolute Gasteiger partial charge is 0.335 e. The molecule has 2 aliphatic heterocycles. The van der Waals surface area contributed by atoms with Crippen molar-refractivity contribution >= 4 is 5.91 Å². The van der Waals surface area contributed by atoms with Gasteiger partial charge in [0.25, 0.3) is 5.92 Å². The van der Waals surface area contributed by atoms with Gasteiger partial charge in [0, 0.05) is 50.6 Å². The van der Waals surface area contributed by atoms with Crippen molar-refractivity contribution in [3.8, 4) is 0 Å². The summed E-state index contributed by atoms with van der Waals surface area (Å²) in [6, 6.07) is -0.684. The highest BCUT2D eigenvalue weighted by Crippen LogP contribution is 2.36. The van der Waals surface area contributed by atoms with Gasteiger partial charge >= 0.3 is 12.4 Å². The summed E-state index contributed by atoms with van der Waals surface area (Å²) in [7, 11) is 0. The van der Waals surface area contributed by atoms with E-state index in [1.165, 1.54) is 0 Å². The van der Waals surface area contributed by atoms with Crippen molar-refractivity contribution in [2.24, 2.45) is 5.73 Å². The summed E-state index contributed by atoms with van der Waals surface area (Å²) >= 11 is 0. The number of amides is 1. The molecule has 3 heterocycles. The van der Waals surface area contributed by atoms with E-state index in [2.05, 4.69) is 9.97 Å². The van der Waals surface area contributed by atoms with Crippen LogP contribution >= 0.6 is 0 Å². The molecule has 0 spiro atoms. The second kappa shape index (κ2) is 8.69. The Hall–Kier alpha value is -2.09. The van der Waals surface area contributed by atoms with Gasteiger partial charge in [0.05, 0.1) is 12.2 Å². The lowest BCUT2D eigenvalue weighted by Gasteiger charge is -2.34. The number of hydrogen-bond acceptors (Lipinski definition) is 5. The quantitative estimate of drug-likeness (QED) is 0.664. The lowest BCUT2D eigenvalue weighted by molar-refractivity contribution is -0.153. The van der Waals surface area contributed by atoms with Gasteiger partial charge in [0.2, 0.25) is 11.7 Å². The molecule has 0 aliphatic carbocycles. The van der Waals surface area contributed by atoms with Crippen LogP contribution in [0, 0.1) is 0 Å². The van der Waals surface area contributed by atoms with Crippen molar-refractivity contribution in [2.75, 3.05) is 26.2 Å². The highest BCUT2D eigenvalue weighted by atomic mass is 19.4. The third-order valence-electron chi connectivity index (χ3n) is 5.42. The van der Waals surface area contributed by atoms with Gasteiger partial charge in [-0.15, -0.1) is 0 Å². The predicted octanol–water partition coefficient (Wildman–Crippen LogP) is 2.85. The average molecular weight is 475 g/mol. The third kappa shape index (κ3) is 5.82. The summed E-state index contributed by atoms with van der Waals surface area (Å²) in [5.41, 5.74) is 3.63. The number of piperidine rings is 1. The minimum Gasteiger partial charge on any atom is -0.335 e. The first-order valence-corrected chi connectivity index (χ1v) is 9.83. The first-order valence-electron chi connectivity index (χ1n) is 9.83. The van der Waals surface area contributed by atoms with E-state index in [1.54, 1.807) is 4.90 Å². The molecule has 1 aromatic rings. The molecule has 1 atom stereocenters. The maximum atomic E-state index is 13.5. The molecule has 32 heavy (non-hydrogen) atoms. The number of carbonyl (C=O) groups excluding carboxylic acids is 1. The summed E-state index contributed by atoms with van der Waals surface area (Å²) in [5.74, 6) is -5.28. The zero-order chi connectivity index (χ0) is 23.9. The number of nitrogens with two attached hydrogens (primary N) is 1. The molecule has 0 saturated carbocycles. The molecule has 0 bridgehead atoms. The van der Waals surface area contributed by atoms with Crippen LogP contribution < -0.4 is 5.73 Å². The topological polar surface area (TPSA) is 75.3 Å². The normalized spacial score (nSPS) is 20.9. The number of aromatic nitrogens is 2. The van der Waals surface area contributed by atoms with Crippen molar-refractivity contribution in [3.63, 3.8) is 0 Å². The maximum absolute atomic E-state index is 13.5. The van der Waals surface area contributed by atoms with Gasteiger partial charge in [-0.3, -0.25) is 9.69 Å². The highest BCUT2D eigenvalue weighted by Gasteiger charge is 2.43. The minimum atomic E-state index is -5.14. The van der Waals surface area contributed by atoms with Crippen molar-refractivity contribution in [1.82, 2.24) is 19.8 Å². The third-order valence-corrected chi connectivity index (χ3v) is 5.42. The molecule has 14 heteroatoms. The average Bonchev–Trinajstić information content (AvgIpc) is 2.66. The Kier molecular flexibility index (Phi) is 6.67. The lowest BCUT2D eigenvalue weighted by atomic mass is 10.0. The molecule has 1 aromatic heterocycles. The number of halogens is 8. The van der Waals surface area contributed by atoms with Gasteiger partial charge in [0.15, 0.2) is 5.69 Å². The Balaban J connectivity index is 1.65. The van der Waals surface area contributed by atoms with Gasteiger partial charge in [0.1, 0.15) is 0 Å². The molecular weight excluding hydrogens is 454 g/mol. The number of rotatable bonds is 5. The number of fused-ring (bicyclic) bond motifs is 1. The molecule has 1 fully saturated rings. The van der Waals surface area contributed by atoms with Crippen LogP contribution in [0.5, 0.6) is 0 Å². The second-order valence-corrected chi connectivity index (χ2v) is 8.02. The molecule has 1 amide bonds. The molecule has 2 N–H and O–H groups in total. The SMILES string of the molecule is N[C@@H](CCN1CCc2c(nc(C(F)(F)F)nc2C(F)(F)F)C1)CN1CC(F)(F)CCC1=O. The number of nitrogens with zero attached hydrogens (tertiary/aromatic N) is 4. The predicted molar refractivity (Wildman–Crippen MR) is 94.4 cm³/mol. The minimum absolute atomic E-state index is 0.109. The van der Waals surface area contributed by atoms with E-state index in [1.807, 2.05) is 0 Å². The second-order valence-electron chi connectivity index (χ2n) is 8.02. The summed E-state index contributed by atoms with van der Waals surface area (Å²) in [5, 5.41) is 0. The summed E-state index contributed by atoms with van der Waals surface area (Å²) in [4.78, 5) is 20.4. The molecule has 1 saturated heterocycles. The number of hydrogen-bond donors (Lipinski definition) is 1. The van der Waals surface area contributed by atoms with Crippen LogP contribution in [-0.2, 0) is 30.1 Å². The van der Waals surface area contributed by atoms with Crippen LogP contribution in [0.1, 0.15) is 42.0 Å². The standard InChI is InChI=1S/C18H21F8N5O/c19-16(20)4-1-13(32)31(9-16)7-10(27)2-5-30-6-3-11-12(8-30)28-15(18(24,25)26)29-14(11)17(21,22)23/h10H,1-9,27H2/t10-/m0/s1. The van der Waals surface area contributed by atoms with Crippen molar-refractivity contribution < 1.29 is 39.9 Å². The van der Waals surface area contributed by atoms with Crippen molar-refractivity contribution in [3.05, 3.63) is 22.8 Å². The summed E-state index contributed by atoms with van der Waals surface area (Å²) in [6.07, 6.45) is -11.0. The largest absolute Gasteiger partial charge is 0.451 e. The van der Waals surface area contributed by atoms with Crippen molar-refractivity contribution in [2.45, 2.75) is 56.5 Å². The Morgan fingerprint density at radius 3 is 2.38 bits per heavy atom. The number of likely N-dealkylation sites (tertiary alicyclic amines) is 1. The van der Waals surface area contributed by atoms with Gasteiger partial charge in [-0.1, -0.05) is 0 Å². The molecule has 0 radical (unpaired) electrons. The fourth-order valence-electron chi connectivity index (χ4n) is 3.82. The zero-order valence-corrected chi connectivity index (χ0v) is 16.7. The Morgan fingerprint density at radius 2 is 1.75 bits per heavy atom. The van der Waals surface area contributed by atoms with Crippen LogP contribution in [0.25, 0.3) is 0 Å². The molecular formula is C18H21F8N5O. The van der Waals surface area contributed by atoms with Gasteiger partial charge in [-0.05, 0) is 12.8 Å². The fraction of sp³-hybridized carbons (Fsp3) is 0.722. The monoisotopic (exact) mass is 475 g/mol. The highest BCUT2D eigenvalue weighted by molar-refractivity contribution is 5.77. The summed E-state index contributed by atoms with van der Waals surface area (Å²) < 4.78 is 106. The van der Waals surface area contributed by atoms with Crippen molar-refractivity contribution in [1.29, 1.82) is 0 Å². The van der Waals surface area contributed by atoms with Gasteiger partial charge < -0.3 is 10.6 Å². The van der Waals surface area contributed by atoms with Crippen LogP contribution in [0.3, 0.4) is 0 Å². The molecule has 6 nitrogen and oxygen atoms in total. The summed E-state index contributed by atoms with van der Waals surface area (Å²) in [6.45, 7) is -0.813. The van der Waals surface area contributed by atoms with E-state index in [0.717, 1.165) is 4.90 Å². The molecule has 0 unspecified atom stereocenters. The van der Waals surface area contributed by atoms with Gasteiger partial charge in [-0.2, -0.15) is 26.3 Å². The van der Waals surface area contributed by atoms with Crippen LogP contribution in [0.15, 0.2) is 0 Å². The fourth-order valence-corrected chi connectivity index (χ4v) is 3.82. The van der Waals surface area contributed by atoms with E-state index in [4.69, 9.17) is 5.73 Å². The zero-order valence-electron chi connectivity index (χ0n) is 16.7. The molecule has 180 valence electrons. The Morgan fingerprint density at radius 1 is 1.06 bits per heavy atom. The number of alkyl halides is 8. The van der Waals surface area contributed by atoms with E-state index in [9.17, 15) is 39.9 Å².